The van der Waals surface area contributed by atoms with Gasteiger partial charge in [-0.05, 0) is 36.4 Å². The highest BCUT2D eigenvalue weighted by atomic mass is 32.2. The molecule has 0 aliphatic carbocycles. The van der Waals surface area contributed by atoms with Crippen molar-refractivity contribution in [3.05, 3.63) is 60.2 Å². The molecule has 0 aromatic heterocycles. The van der Waals surface area contributed by atoms with Crippen LogP contribution in [0.5, 0.6) is 5.75 Å². The second-order valence-electron chi connectivity index (χ2n) is 4.54. The Morgan fingerprint density at radius 2 is 1.87 bits per heavy atom. The molecular weight excluding hydrogens is 318 g/mol. The Kier molecular flexibility index (Phi) is 5.02. The van der Waals surface area contributed by atoms with Gasteiger partial charge in [0.25, 0.3) is 10.0 Å². The molecule has 0 spiro atoms. The molecule has 0 fully saturated rings. The van der Waals surface area contributed by atoms with Crippen molar-refractivity contribution in [1.82, 2.24) is 0 Å². The number of nitrogens with one attached hydrogen (secondary N) is 1. The van der Waals surface area contributed by atoms with Crippen molar-refractivity contribution in [1.29, 1.82) is 0 Å². The topological polar surface area (TPSA) is 92.7 Å². The second kappa shape index (κ2) is 6.97. The van der Waals surface area contributed by atoms with E-state index in [1.54, 1.807) is 30.3 Å². The molecule has 0 amide bonds. The van der Waals surface area contributed by atoms with Gasteiger partial charge in [0.05, 0.1) is 17.7 Å². The molecule has 0 aliphatic heterocycles. The van der Waals surface area contributed by atoms with Crippen LogP contribution in [-0.2, 0) is 14.8 Å². The lowest BCUT2D eigenvalue weighted by Crippen LogP contribution is -2.13. The van der Waals surface area contributed by atoms with Gasteiger partial charge in [-0.15, -0.1) is 0 Å². The zero-order valence-corrected chi connectivity index (χ0v) is 13.1. The third kappa shape index (κ3) is 4.33. The average Bonchev–Trinajstić information content (AvgIpc) is 2.54. The standard InChI is InChI=1S/C16H15NO5S/c1-22-13-8-9-15(12(11-13)7-10-16(18)19)17-23(20,21)14-5-3-2-4-6-14/h2-11,17H,1H3,(H,18,19). The van der Waals surface area contributed by atoms with Crippen LogP contribution >= 0.6 is 0 Å². The summed E-state index contributed by atoms with van der Waals surface area (Å²) in [5.41, 5.74) is 0.637. The molecule has 0 bridgehead atoms. The van der Waals surface area contributed by atoms with Gasteiger partial charge in [-0.2, -0.15) is 0 Å². The Hall–Kier alpha value is -2.80. The molecule has 6 nitrogen and oxygen atoms in total. The highest BCUT2D eigenvalue weighted by Crippen LogP contribution is 2.25. The van der Waals surface area contributed by atoms with Crippen molar-refractivity contribution < 1.29 is 23.1 Å². The van der Waals surface area contributed by atoms with Crippen molar-refractivity contribution in [2.24, 2.45) is 0 Å². The fraction of sp³-hybridized carbons (Fsp3) is 0.0625. The van der Waals surface area contributed by atoms with Crippen LogP contribution in [0.2, 0.25) is 0 Å². The monoisotopic (exact) mass is 333 g/mol. The first kappa shape index (κ1) is 16.6. The molecular formula is C16H15NO5S. The summed E-state index contributed by atoms with van der Waals surface area (Å²) in [6, 6.07) is 12.5. The molecule has 0 saturated heterocycles. The average molecular weight is 333 g/mol. The Balaban J connectivity index is 2.41. The van der Waals surface area contributed by atoms with Crippen molar-refractivity contribution in [2.45, 2.75) is 4.90 Å². The third-order valence-corrected chi connectivity index (χ3v) is 4.34. The molecule has 23 heavy (non-hydrogen) atoms. The largest absolute Gasteiger partial charge is 0.497 e. The maximum atomic E-state index is 12.4. The van der Waals surface area contributed by atoms with Crippen LogP contribution in [-0.4, -0.2) is 26.6 Å². The van der Waals surface area contributed by atoms with Gasteiger partial charge in [0.2, 0.25) is 0 Å². The number of methoxy groups -OCH3 is 1. The molecule has 0 radical (unpaired) electrons. The molecule has 0 heterocycles. The van der Waals surface area contributed by atoms with E-state index in [0.29, 0.717) is 11.3 Å². The molecule has 0 unspecified atom stereocenters. The lowest BCUT2D eigenvalue weighted by Gasteiger charge is -2.12. The fourth-order valence-corrected chi connectivity index (χ4v) is 2.97. The lowest BCUT2D eigenvalue weighted by molar-refractivity contribution is -0.131. The van der Waals surface area contributed by atoms with Gasteiger partial charge < -0.3 is 9.84 Å². The van der Waals surface area contributed by atoms with Gasteiger partial charge in [-0.1, -0.05) is 18.2 Å². The molecule has 2 rings (SSSR count). The number of anilines is 1. The minimum atomic E-state index is -3.77. The van der Waals surface area contributed by atoms with Crippen LogP contribution in [0.3, 0.4) is 0 Å². The van der Waals surface area contributed by atoms with Crippen molar-refractivity contribution in [3.63, 3.8) is 0 Å². The lowest BCUT2D eigenvalue weighted by atomic mass is 10.1. The summed E-state index contributed by atoms with van der Waals surface area (Å²) in [4.78, 5) is 10.8. The number of carbonyl (C=O) groups is 1. The Morgan fingerprint density at radius 1 is 1.17 bits per heavy atom. The van der Waals surface area contributed by atoms with Crippen LogP contribution in [0.25, 0.3) is 6.08 Å². The third-order valence-electron chi connectivity index (χ3n) is 2.96. The molecule has 7 heteroatoms. The normalized spacial score (nSPS) is 11.3. The summed E-state index contributed by atoms with van der Waals surface area (Å²) in [7, 11) is -2.30. The fourth-order valence-electron chi connectivity index (χ4n) is 1.86. The predicted molar refractivity (Wildman–Crippen MR) is 86.9 cm³/mol. The summed E-state index contributed by atoms with van der Waals surface area (Å²) in [6.45, 7) is 0. The number of ether oxygens (including phenoxy) is 1. The molecule has 0 aliphatic rings. The van der Waals surface area contributed by atoms with E-state index in [-0.39, 0.29) is 10.6 Å². The SMILES string of the molecule is COc1ccc(NS(=O)(=O)c2ccccc2)c(C=CC(=O)O)c1. The van der Waals surface area contributed by atoms with Gasteiger partial charge in [-0.3, -0.25) is 4.72 Å². The van der Waals surface area contributed by atoms with Gasteiger partial charge >= 0.3 is 5.97 Å². The second-order valence-corrected chi connectivity index (χ2v) is 6.23. The molecule has 0 atom stereocenters. The maximum absolute atomic E-state index is 12.4. The zero-order chi connectivity index (χ0) is 16.9. The van der Waals surface area contributed by atoms with Gasteiger partial charge in [0.15, 0.2) is 0 Å². The van der Waals surface area contributed by atoms with Crippen molar-refractivity contribution >= 4 is 27.8 Å². The van der Waals surface area contributed by atoms with Gasteiger partial charge in [-0.25, -0.2) is 13.2 Å². The van der Waals surface area contributed by atoms with Gasteiger partial charge in [0.1, 0.15) is 5.75 Å². The molecule has 2 aromatic rings. The Labute approximate surface area is 134 Å². The van der Waals surface area contributed by atoms with E-state index in [0.717, 1.165) is 6.08 Å². The number of aliphatic carboxylic acids is 1. The first-order valence-electron chi connectivity index (χ1n) is 6.59. The Bertz CT molecular complexity index is 829. The van der Waals surface area contributed by atoms with E-state index in [1.807, 2.05) is 0 Å². The highest BCUT2D eigenvalue weighted by Gasteiger charge is 2.15. The van der Waals surface area contributed by atoms with E-state index < -0.39 is 16.0 Å². The number of benzene rings is 2. The zero-order valence-electron chi connectivity index (χ0n) is 12.3. The van der Waals surface area contributed by atoms with Crippen LogP contribution < -0.4 is 9.46 Å². The van der Waals surface area contributed by atoms with Crippen molar-refractivity contribution in [2.75, 3.05) is 11.8 Å². The summed E-state index contributed by atoms with van der Waals surface area (Å²) < 4.78 is 32.3. The minimum Gasteiger partial charge on any atom is -0.497 e. The van der Waals surface area contributed by atoms with Crippen molar-refractivity contribution in [3.8, 4) is 5.75 Å². The number of sulfonamides is 1. The number of rotatable bonds is 6. The number of hydrogen-bond acceptors (Lipinski definition) is 4. The summed E-state index contributed by atoms with van der Waals surface area (Å²) >= 11 is 0. The molecule has 120 valence electrons. The van der Waals surface area contributed by atoms with E-state index >= 15 is 0 Å². The predicted octanol–water partition coefficient (Wildman–Crippen LogP) is 2.59. The summed E-state index contributed by atoms with van der Waals surface area (Å²) in [5, 5.41) is 8.75. The summed E-state index contributed by atoms with van der Waals surface area (Å²) in [5.74, 6) is -0.651. The Morgan fingerprint density at radius 3 is 2.48 bits per heavy atom. The van der Waals surface area contributed by atoms with Gasteiger partial charge in [0, 0.05) is 11.6 Å². The van der Waals surface area contributed by atoms with Crippen LogP contribution in [0.1, 0.15) is 5.56 Å². The molecule has 2 N–H and O–H groups in total. The quantitative estimate of drug-likeness (QED) is 0.793. The minimum absolute atomic E-state index is 0.115. The number of hydrogen-bond donors (Lipinski definition) is 2. The highest BCUT2D eigenvalue weighted by molar-refractivity contribution is 7.92. The number of carboxylic acid groups (broad SMARTS) is 1. The van der Waals surface area contributed by atoms with Crippen LogP contribution in [0.15, 0.2) is 59.5 Å². The number of carboxylic acids is 1. The van der Waals surface area contributed by atoms with Crippen LogP contribution in [0, 0.1) is 0 Å². The smallest absolute Gasteiger partial charge is 0.328 e. The van der Waals surface area contributed by atoms with E-state index in [1.165, 1.54) is 31.4 Å². The van der Waals surface area contributed by atoms with E-state index in [9.17, 15) is 13.2 Å². The molecule has 2 aromatic carbocycles. The molecule has 0 saturated carbocycles. The summed E-state index contributed by atoms with van der Waals surface area (Å²) in [6.07, 6.45) is 2.22. The first-order valence-corrected chi connectivity index (χ1v) is 8.07. The first-order chi connectivity index (χ1) is 10.9. The van der Waals surface area contributed by atoms with E-state index in [2.05, 4.69) is 4.72 Å². The van der Waals surface area contributed by atoms with E-state index in [4.69, 9.17) is 9.84 Å². The van der Waals surface area contributed by atoms with Crippen LogP contribution in [0.4, 0.5) is 5.69 Å². The maximum Gasteiger partial charge on any atom is 0.328 e.